The number of hydrogen-bond donors (Lipinski definition) is 6. The third-order valence-corrected chi connectivity index (χ3v) is 14.1. The summed E-state index contributed by atoms with van der Waals surface area (Å²) < 4.78 is 17.6. The summed E-state index contributed by atoms with van der Waals surface area (Å²) in [6, 6.07) is -1.04. The SMILES string of the molecule is CC/C=C/C=C/C=C/C=C\CCCCCCC(O)C(=O)NC(COC1OC(CO)C(O)C(O)C1OC(=O)CCCCCCCCCC/C=C\C/C=C\C/C=C\CCCCC)C(O)/C=C/CCCCCCCCCCCCC. The highest BCUT2D eigenvalue weighted by Crippen LogP contribution is 2.26. The Kier molecular flexibility index (Phi) is 49.5. The number of aliphatic hydroxyl groups is 5. The van der Waals surface area contributed by atoms with Gasteiger partial charge in [0.25, 0.3) is 0 Å². The third-order valence-electron chi connectivity index (χ3n) is 14.1. The molecule has 1 saturated heterocycles. The molecule has 77 heavy (non-hydrogen) atoms. The van der Waals surface area contributed by atoms with E-state index in [9.17, 15) is 35.1 Å². The first-order valence-electron chi connectivity index (χ1n) is 31.1. The van der Waals surface area contributed by atoms with Crippen molar-refractivity contribution in [2.75, 3.05) is 13.2 Å². The van der Waals surface area contributed by atoms with Crippen LogP contribution in [0, 0.1) is 0 Å². The standard InChI is InChI=1S/C66H113NO10/c1-4-7-10-13-16-19-22-25-27-28-29-30-31-32-33-36-39-42-45-48-51-54-61(71)77-64-63(73)62(72)60(55-68)76-66(64)75-56-57(58(69)52-49-46-43-40-37-34-24-21-18-15-12-9-6-3)67-65(74)59(70)53-50-47-44-41-38-35-26-23-20-17-14-11-8-5-2/h8,11,14,16-17,19-20,23,25-27,29-30,35,49,52,57-60,62-64,66,68-70,72-73H,4-7,9-10,12-13,15,18,21-22,24,28,31-34,36-48,50-51,53-56H2,1-3H3,(H,67,74)/b11-8+,17-14+,19-16-,23-20+,27-25-,30-29-,35-26-,52-49+. The van der Waals surface area contributed by atoms with E-state index in [2.05, 4.69) is 74.7 Å². The van der Waals surface area contributed by atoms with Gasteiger partial charge < -0.3 is 45.1 Å². The highest BCUT2D eigenvalue weighted by Gasteiger charge is 2.47. The lowest BCUT2D eigenvalue weighted by Gasteiger charge is -2.41. The summed E-state index contributed by atoms with van der Waals surface area (Å²) in [5.41, 5.74) is 0. The maximum atomic E-state index is 13.4. The van der Waals surface area contributed by atoms with Crippen LogP contribution in [-0.2, 0) is 23.8 Å². The van der Waals surface area contributed by atoms with Crippen molar-refractivity contribution in [2.45, 2.75) is 294 Å². The largest absolute Gasteiger partial charge is 0.454 e. The van der Waals surface area contributed by atoms with E-state index in [0.29, 0.717) is 12.8 Å². The Labute approximate surface area is 469 Å². The minimum Gasteiger partial charge on any atom is -0.454 e. The van der Waals surface area contributed by atoms with Crippen LogP contribution < -0.4 is 5.32 Å². The third kappa shape index (κ3) is 41.3. The fourth-order valence-corrected chi connectivity index (χ4v) is 9.14. The fraction of sp³-hybridized carbons (Fsp3) is 0.727. The van der Waals surface area contributed by atoms with Crippen LogP contribution in [0.5, 0.6) is 0 Å². The summed E-state index contributed by atoms with van der Waals surface area (Å²) in [7, 11) is 0. The molecule has 6 N–H and O–H groups in total. The molecule has 0 aromatic carbocycles. The molecular formula is C66H113NO10. The van der Waals surface area contributed by atoms with Gasteiger partial charge in [-0.2, -0.15) is 0 Å². The van der Waals surface area contributed by atoms with Gasteiger partial charge in [0.15, 0.2) is 12.4 Å². The van der Waals surface area contributed by atoms with Crippen LogP contribution in [0.2, 0.25) is 0 Å². The van der Waals surface area contributed by atoms with Gasteiger partial charge in [0.2, 0.25) is 5.91 Å². The van der Waals surface area contributed by atoms with E-state index in [1.165, 1.54) is 103 Å². The molecule has 0 radical (unpaired) electrons. The van der Waals surface area contributed by atoms with Gasteiger partial charge in [-0.3, -0.25) is 9.59 Å². The van der Waals surface area contributed by atoms with Gasteiger partial charge in [0.05, 0.1) is 25.4 Å². The van der Waals surface area contributed by atoms with Gasteiger partial charge in [-0.15, -0.1) is 0 Å². The van der Waals surface area contributed by atoms with E-state index in [-0.39, 0.29) is 19.4 Å². The van der Waals surface area contributed by atoms with Crippen LogP contribution in [0.3, 0.4) is 0 Å². The molecule has 0 aliphatic carbocycles. The molecule has 1 aliphatic heterocycles. The van der Waals surface area contributed by atoms with E-state index in [1.54, 1.807) is 6.08 Å². The second kappa shape index (κ2) is 53.2. The average molecular weight is 1080 g/mol. The van der Waals surface area contributed by atoms with E-state index in [4.69, 9.17) is 14.2 Å². The molecule has 1 heterocycles. The Hall–Kier alpha value is -3.42. The van der Waals surface area contributed by atoms with Crippen molar-refractivity contribution in [1.29, 1.82) is 0 Å². The molecule has 1 rings (SSSR count). The number of allylic oxidation sites excluding steroid dienone is 15. The van der Waals surface area contributed by atoms with Crippen LogP contribution >= 0.6 is 0 Å². The molecule has 0 aromatic rings. The van der Waals surface area contributed by atoms with Gasteiger partial charge in [-0.05, 0) is 83.5 Å². The summed E-state index contributed by atoms with van der Waals surface area (Å²) in [5, 5.41) is 56.9. The van der Waals surface area contributed by atoms with Gasteiger partial charge in [0.1, 0.15) is 24.4 Å². The first kappa shape index (κ1) is 71.6. The average Bonchev–Trinajstić information content (AvgIpc) is 3.43. The van der Waals surface area contributed by atoms with E-state index < -0.39 is 67.4 Å². The Morgan fingerprint density at radius 2 is 0.987 bits per heavy atom. The van der Waals surface area contributed by atoms with Crippen LogP contribution in [0.15, 0.2) is 97.2 Å². The molecule has 11 heteroatoms. The zero-order chi connectivity index (χ0) is 56.1. The fourth-order valence-electron chi connectivity index (χ4n) is 9.14. The number of aliphatic hydroxyl groups excluding tert-OH is 5. The van der Waals surface area contributed by atoms with Crippen LogP contribution in [0.4, 0.5) is 0 Å². The Bertz CT molecular complexity index is 1620. The maximum absolute atomic E-state index is 13.4. The number of ether oxygens (including phenoxy) is 3. The second-order valence-corrected chi connectivity index (χ2v) is 21.1. The Morgan fingerprint density at radius 3 is 1.55 bits per heavy atom. The maximum Gasteiger partial charge on any atom is 0.306 e. The minimum absolute atomic E-state index is 0.107. The Balaban J connectivity index is 2.69. The first-order valence-corrected chi connectivity index (χ1v) is 31.1. The molecular weight excluding hydrogens is 967 g/mol. The van der Waals surface area contributed by atoms with Crippen molar-refractivity contribution >= 4 is 11.9 Å². The number of unbranched alkanes of at least 4 members (excludes halogenated alkanes) is 26. The topological polar surface area (TPSA) is 175 Å². The van der Waals surface area contributed by atoms with Crippen LogP contribution in [-0.4, -0.2) is 99.6 Å². The number of amides is 1. The van der Waals surface area contributed by atoms with Crippen LogP contribution in [0.25, 0.3) is 0 Å². The molecule has 442 valence electrons. The van der Waals surface area contributed by atoms with E-state index in [1.807, 2.05) is 42.5 Å². The van der Waals surface area contributed by atoms with Crippen molar-refractivity contribution in [1.82, 2.24) is 5.32 Å². The van der Waals surface area contributed by atoms with Crippen molar-refractivity contribution in [3.8, 4) is 0 Å². The van der Waals surface area contributed by atoms with E-state index in [0.717, 1.165) is 96.3 Å². The van der Waals surface area contributed by atoms with E-state index >= 15 is 0 Å². The number of hydrogen-bond acceptors (Lipinski definition) is 10. The summed E-state index contributed by atoms with van der Waals surface area (Å²) >= 11 is 0. The first-order chi connectivity index (χ1) is 37.7. The predicted molar refractivity (Wildman–Crippen MR) is 319 cm³/mol. The van der Waals surface area contributed by atoms with Gasteiger partial charge in [-0.25, -0.2) is 0 Å². The quantitative estimate of drug-likeness (QED) is 0.0149. The summed E-state index contributed by atoms with van der Waals surface area (Å²) in [6.45, 7) is 5.60. The van der Waals surface area contributed by atoms with Crippen molar-refractivity contribution in [2.24, 2.45) is 0 Å². The second-order valence-electron chi connectivity index (χ2n) is 21.1. The van der Waals surface area contributed by atoms with Gasteiger partial charge >= 0.3 is 5.97 Å². The highest BCUT2D eigenvalue weighted by molar-refractivity contribution is 5.80. The number of nitrogens with one attached hydrogen (secondary N) is 1. The molecule has 0 aromatic heterocycles. The lowest BCUT2D eigenvalue weighted by Crippen LogP contribution is -2.61. The minimum atomic E-state index is -1.63. The molecule has 8 atom stereocenters. The summed E-state index contributed by atoms with van der Waals surface area (Å²) in [4.78, 5) is 26.5. The number of esters is 1. The summed E-state index contributed by atoms with van der Waals surface area (Å²) in [5.74, 6) is -1.23. The molecule has 0 saturated carbocycles. The molecule has 1 fully saturated rings. The van der Waals surface area contributed by atoms with Crippen molar-refractivity contribution in [3.05, 3.63) is 97.2 Å². The van der Waals surface area contributed by atoms with Gasteiger partial charge in [0, 0.05) is 6.42 Å². The molecule has 11 nitrogen and oxygen atoms in total. The Morgan fingerprint density at radius 1 is 0.532 bits per heavy atom. The molecule has 1 amide bonds. The van der Waals surface area contributed by atoms with Crippen molar-refractivity contribution in [3.63, 3.8) is 0 Å². The smallest absolute Gasteiger partial charge is 0.306 e. The van der Waals surface area contributed by atoms with Crippen LogP contribution in [0.1, 0.15) is 245 Å². The number of carbonyl (C=O) groups is 2. The predicted octanol–water partition coefficient (Wildman–Crippen LogP) is 14.7. The van der Waals surface area contributed by atoms with Crippen molar-refractivity contribution < 1.29 is 49.3 Å². The zero-order valence-corrected chi connectivity index (χ0v) is 48.8. The normalized spacial score (nSPS) is 19.7. The zero-order valence-electron chi connectivity index (χ0n) is 48.8. The highest BCUT2D eigenvalue weighted by atomic mass is 16.7. The number of rotatable bonds is 51. The molecule has 0 spiro atoms. The monoisotopic (exact) mass is 1080 g/mol. The lowest BCUT2D eigenvalue weighted by atomic mass is 9.99. The molecule has 8 unspecified atom stereocenters. The van der Waals surface area contributed by atoms with Gasteiger partial charge in [-0.1, -0.05) is 253 Å². The lowest BCUT2D eigenvalue weighted by molar-refractivity contribution is -0.305. The number of carbonyl (C=O) groups excluding carboxylic acids is 2. The molecule has 0 bridgehead atoms. The molecule has 1 aliphatic rings. The summed E-state index contributed by atoms with van der Waals surface area (Å²) in [6.07, 6.45) is 60.1.